The molecule has 0 saturated heterocycles. The molecule has 1 atom stereocenters. The molecule has 18 heavy (non-hydrogen) atoms. The van der Waals surface area contributed by atoms with Gasteiger partial charge in [-0.25, -0.2) is 4.68 Å². The van der Waals surface area contributed by atoms with Crippen molar-refractivity contribution in [1.29, 1.82) is 0 Å². The van der Waals surface area contributed by atoms with E-state index in [1.807, 2.05) is 42.5 Å². The summed E-state index contributed by atoms with van der Waals surface area (Å²) in [6, 6.07) is 13.9. The Morgan fingerprint density at radius 2 is 1.89 bits per heavy atom. The summed E-state index contributed by atoms with van der Waals surface area (Å²) in [6.07, 6.45) is 0.878. The topological polar surface area (TPSA) is 50.9 Å². The maximum absolute atomic E-state index is 10.5. The summed E-state index contributed by atoms with van der Waals surface area (Å²) in [7, 11) is 1.77. The monoisotopic (exact) mass is 239 g/mol. The van der Waals surface area contributed by atoms with Crippen LogP contribution in [0, 0.1) is 0 Å². The maximum atomic E-state index is 10.5. The fourth-order valence-electron chi connectivity index (χ4n) is 2.19. The van der Waals surface area contributed by atoms with E-state index in [0.717, 1.165) is 16.3 Å². The Kier molecular flexibility index (Phi) is 2.57. The van der Waals surface area contributed by atoms with E-state index in [0.29, 0.717) is 5.69 Å². The van der Waals surface area contributed by atoms with Gasteiger partial charge < -0.3 is 5.11 Å². The number of hydrogen-bond acceptors (Lipinski definition) is 3. The molecule has 4 heteroatoms. The minimum Gasteiger partial charge on any atom is -0.382 e. The third-order valence-corrected chi connectivity index (χ3v) is 3.15. The zero-order valence-electron chi connectivity index (χ0n) is 9.99. The third kappa shape index (κ3) is 1.67. The fraction of sp³-hybridized carbons (Fsp3) is 0.143. The van der Waals surface area contributed by atoms with Crippen molar-refractivity contribution in [2.45, 2.75) is 6.10 Å². The molecule has 1 unspecified atom stereocenters. The highest BCUT2D eigenvalue weighted by atomic mass is 16.3. The van der Waals surface area contributed by atoms with Gasteiger partial charge in [0.2, 0.25) is 0 Å². The molecule has 2 aromatic carbocycles. The first kappa shape index (κ1) is 10.9. The summed E-state index contributed by atoms with van der Waals surface area (Å²) in [5, 5.41) is 20.3. The summed E-state index contributed by atoms with van der Waals surface area (Å²) in [4.78, 5) is 0. The number of aromatic nitrogens is 3. The quantitative estimate of drug-likeness (QED) is 0.744. The van der Waals surface area contributed by atoms with Crippen LogP contribution >= 0.6 is 0 Å². The zero-order chi connectivity index (χ0) is 12.5. The van der Waals surface area contributed by atoms with Crippen LogP contribution in [0.2, 0.25) is 0 Å². The van der Waals surface area contributed by atoms with E-state index in [4.69, 9.17) is 0 Å². The van der Waals surface area contributed by atoms with Crippen LogP contribution in [0.1, 0.15) is 17.4 Å². The van der Waals surface area contributed by atoms with Crippen LogP contribution in [0.4, 0.5) is 0 Å². The van der Waals surface area contributed by atoms with Crippen molar-refractivity contribution in [1.82, 2.24) is 15.0 Å². The van der Waals surface area contributed by atoms with Gasteiger partial charge in [-0.05, 0) is 16.3 Å². The minimum atomic E-state index is -0.712. The molecule has 4 nitrogen and oxygen atoms in total. The minimum absolute atomic E-state index is 0.686. The molecule has 3 rings (SSSR count). The number of hydrogen-bond donors (Lipinski definition) is 1. The largest absolute Gasteiger partial charge is 0.382 e. The summed E-state index contributed by atoms with van der Waals surface area (Å²) in [6.45, 7) is 0. The molecule has 0 fully saturated rings. The molecule has 1 heterocycles. The van der Waals surface area contributed by atoms with Gasteiger partial charge >= 0.3 is 0 Å². The molecule has 0 aliphatic heterocycles. The van der Waals surface area contributed by atoms with E-state index in [9.17, 15) is 5.11 Å². The highest BCUT2D eigenvalue weighted by Crippen LogP contribution is 2.27. The summed E-state index contributed by atoms with van der Waals surface area (Å²) in [5.41, 5.74) is 1.56. The molecule has 0 saturated carbocycles. The Hall–Kier alpha value is -2.20. The zero-order valence-corrected chi connectivity index (χ0v) is 9.99. The second kappa shape index (κ2) is 4.23. The number of aryl methyl sites for hydroxylation is 1. The second-order valence-electron chi connectivity index (χ2n) is 4.25. The Morgan fingerprint density at radius 1 is 1.11 bits per heavy atom. The van der Waals surface area contributed by atoms with Crippen molar-refractivity contribution in [2.75, 3.05) is 0 Å². The maximum Gasteiger partial charge on any atom is 0.123 e. The number of rotatable bonds is 2. The summed E-state index contributed by atoms with van der Waals surface area (Å²) < 4.78 is 1.59. The summed E-state index contributed by atoms with van der Waals surface area (Å²) in [5.74, 6) is 0. The molecule has 3 aromatic rings. The van der Waals surface area contributed by atoms with Crippen molar-refractivity contribution in [2.24, 2.45) is 7.05 Å². The smallest absolute Gasteiger partial charge is 0.123 e. The van der Waals surface area contributed by atoms with Gasteiger partial charge in [-0.3, -0.25) is 0 Å². The predicted molar refractivity (Wildman–Crippen MR) is 69.0 cm³/mol. The first-order valence-corrected chi connectivity index (χ1v) is 5.77. The van der Waals surface area contributed by atoms with Crippen LogP contribution in [0.5, 0.6) is 0 Å². The number of aliphatic hydroxyl groups is 1. The summed E-state index contributed by atoms with van der Waals surface area (Å²) >= 11 is 0. The highest BCUT2D eigenvalue weighted by Gasteiger charge is 2.16. The van der Waals surface area contributed by atoms with Gasteiger partial charge in [-0.15, -0.1) is 5.10 Å². The Labute approximate surface area is 104 Å². The van der Waals surface area contributed by atoms with Crippen molar-refractivity contribution in [3.8, 4) is 0 Å². The van der Waals surface area contributed by atoms with Crippen LogP contribution < -0.4 is 0 Å². The van der Waals surface area contributed by atoms with Crippen LogP contribution in [-0.4, -0.2) is 20.1 Å². The number of fused-ring (bicyclic) bond motifs is 1. The number of aliphatic hydroxyl groups excluding tert-OH is 1. The molecule has 90 valence electrons. The molecule has 1 N–H and O–H groups in total. The molecule has 1 aromatic heterocycles. The van der Waals surface area contributed by atoms with Gasteiger partial charge in [0.05, 0.1) is 11.9 Å². The van der Waals surface area contributed by atoms with E-state index in [2.05, 4.69) is 10.3 Å². The van der Waals surface area contributed by atoms with E-state index < -0.39 is 6.10 Å². The normalized spacial score (nSPS) is 12.8. The molecular formula is C14H13N3O. The van der Waals surface area contributed by atoms with Gasteiger partial charge in [0.15, 0.2) is 0 Å². The van der Waals surface area contributed by atoms with Gasteiger partial charge in [0.25, 0.3) is 0 Å². The van der Waals surface area contributed by atoms with Crippen LogP contribution in [0.25, 0.3) is 10.8 Å². The van der Waals surface area contributed by atoms with Crippen LogP contribution in [0.3, 0.4) is 0 Å². The van der Waals surface area contributed by atoms with Gasteiger partial charge in [0, 0.05) is 7.05 Å². The van der Waals surface area contributed by atoms with E-state index in [1.165, 1.54) is 0 Å². The first-order valence-electron chi connectivity index (χ1n) is 5.77. The molecule has 0 radical (unpaired) electrons. The Morgan fingerprint density at radius 3 is 2.67 bits per heavy atom. The van der Waals surface area contributed by atoms with E-state index in [1.54, 1.807) is 17.9 Å². The Balaban J connectivity index is 2.18. The molecule has 0 amide bonds. The average Bonchev–Trinajstić information content (AvgIpc) is 2.83. The average molecular weight is 239 g/mol. The molecular weight excluding hydrogens is 226 g/mol. The standard InChI is InChI=1S/C14H13N3O/c1-17-13(9-15-16-17)14(18)12-8-4-6-10-5-2-3-7-11(10)12/h2-9,14,18H,1H3. The van der Waals surface area contributed by atoms with Crippen molar-refractivity contribution in [3.63, 3.8) is 0 Å². The van der Waals surface area contributed by atoms with Gasteiger partial charge in [-0.1, -0.05) is 47.7 Å². The first-order chi connectivity index (χ1) is 8.77. The van der Waals surface area contributed by atoms with Crippen molar-refractivity contribution < 1.29 is 5.11 Å². The lowest BCUT2D eigenvalue weighted by atomic mass is 9.99. The fourth-order valence-corrected chi connectivity index (χ4v) is 2.19. The molecule has 0 bridgehead atoms. The van der Waals surface area contributed by atoms with E-state index >= 15 is 0 Å². The van der Waals surface area contributed by atoms with Crippen LogP contribution in [0.15, 0.2) is 48.7 Å². The molecule has 0 spiro atoms. The van der Waals surface area contributed by atoms with Gasteiger partial charge in [0.1, 0.15) is 6.10 Å². The number of nitrogens with zero attached hydrogens (tertiary/aromatic N) is 3. The lowest BCUT2D eigenvalue weighted by Gasteiger charge is -2.13. The molecule has 0 aliphatic rings. The van der Waals surface area contributed by atoms with Crippen molar-refractivity contribution >= 4 is 10.8 Å². The van der Waals surface area contributed by atoms with E-state index in [-0.39, 0.29) is 0 Å². The highest BCUT2D eigenvalue weighted by molar-refractivity contribution is 5.86. The predicted octanol–water partition coefficient (Wildman–Crippen LogP) is 2.05. The SMILES string of the molecule is Cn1nncc1C(O)c1cccc2ccccc12. The van der Waals surface area contributed by atoms with Crippen LogP contribution in [-0.2, 0) is 7.05 Å². The number of benzene rings is 2. The third-order valence-electron chi connectivity index (χ3n) is 3.15. The lowest BCUT2D eigenvalue weighted by molar-refractivity contribution is 0.211. The van der Waals surface area contributed by atoms with Crippen molar-refractivity contribution in [3.05, 3.63) is 59.9 Å². The lowest BCUT2D eigenvalue weighted by Crippen LogP contribution is -2.07. The molecule has 0 aliphatic carbocycles. The second-order valence-corrected chi connectivity index (χ2v) is 4.25. The van der Waals surface area contributed by atoms with Gasteiger partial charge in [-0.2, -0.15) is 0 Å². The Bertz CT molecular complexity index is 685.